The van der Waals surface area contributed by atoms with Crippen LogP contribution in [0, 0.1) is 17.1 Å². The molecule has 0 spiro atoms. The molecule has 0 radical (unpaired) electrons. The fourth-order valence-electron chi connectivity index (χ4n) is 4.86. The van der Waals surface area contributed by atoms with E-state index in [9.17, 15) is 14.4 Å². The van der Waals surface area contributed by atoms with Crippen LogP contribution in [0.1, 0.15) is 32.0 Å². The minimum Gasteiger partial charge on any atom is -0.364 e. The molecule has 0 bridgehead atoms. The molecule has 6 nitrogen and oxygen atoms in total. The second-order valence-corrected chi connectivity index (χ2v) is 9.17. The highest BCUT2D eigenvalue weighted by Crippen LogP contribution is 2.34. The molecular formula is C24H27BFN5O. The van der Waals surface area contributed by atoms with Crippen LogP contribution >= 0.6 is 0 Å². The summed E-state index contributed by atoms with van der Waals surface area (Å²) in [4.78, 5) is 21.9. The third kappa shape index (κ3) is 3.67. The van der Waals surface area contributed by atoms with Crippen LogP contribution in [0.25, 0.3) is 11.0 Å². The zero-order valence-corrected chi connectivity index (χ0v) is 19.1. The van der Waals surface area contributed by atoms with Crippen molar-refractivity contribution < 1.29 is 4.39 Å². The molecule has 32 heavy (non-hydrogen) atoms. The van der Waals surface area contributed by atoms with Gasteiger partial charge in [-0.1, -0.05) is 19.1 Å². The fourth-order valence-corrected chi connectivity index (χ4v) is 4.86. The zero-order chi connectivity index (χ0) is 23.2. The third-order valence-electron chi connectivity index (χ3n) is 6.75. The molecule has 0 amide bonds. The number of aromatic nitrogens is 2. The van der Waals surface area contributed by atoms with Gasteiger partial charge in [-0.3, -0.25) is 9.69 Å². The molecular weight excluding hydrogens is 404 g/mol. The highest BCUT2D eigenvalue weighted by molar-refractivity contribution is 6.15. The maximum Gasteiger partial charge on any atom is 0.252 e. The molecule has 1 saturated heterocycles. The fraction of sp³-hybridized carbons (Fsp3) is 0.375. The van der Waals surface area contributed by atoms with Gasteiger partial charge in [0.2, 0.25) is 0 Å². The van der Waals surface area contributed by atoms with Crippen LogP contribution in [-0.4, -0.2) is 47.5 Å². The van der Waals surface area contributed by atoms with Crippen LogP contribution in [0.15, 0.2) is 47.3 Å². The smallest absolute Gasteiger partial charge is 0.252 e. The Morgan fingerprint density at radius 2 is 1.84 bits per heavy atom. The molecule has 8 heteroatoms. The van der Waals surface area contributed by atoms with Crippen molar-refractivity contribution >= 4 is 24.6 Å². The second kappa shape index (κ2) is 8.07. The van der Waals surface area contributed by atoms with E-state index in [0.717, 1.165) is 17.8 Å². The van der Waals surface area contributed by atoms with Crippen LogP contribution in [-0.2, 0) is 12.5 Å². The molecule has 3 aromatic rings. The number of rotatable bonds is 3. The molecule has 2 aromatic heterocycles. The predicted octanol–water partition coefficient (Wildman–Crippen LogP) is 2.35. The predicted molar refractivity (Wildman–Crippen MR) is 127 cm³/mol. The Bertz CT molecular complexity index is 1260. The summed E-state index contributed by atoms with van der Waals surface area (Å²) in [6.07, 6.45) is 0. The number of aryl methyl sites for hydroxylation is 1. The van der Waals surface area contributed by atoms with E-state index < -0.39 is 0 Å². The lowest BCUT2D eigenvalue weighted by molar-refractivity contribution is 0.0924. The highest BCUT2D eigenvalue weighted by atomic mass is 19.1. The summed E-state index contributed by atoms with van der Waals surface area (Å²) in [6.45, 7) is 7.93. The molecule has 4 rings (SSSR count). The van der Waals surface area contributed by atoms with E-state index in [2.05, 4.69) is 49.5 Å². The van der Waals surface area contributed by atoms with E-state index in [-0.39, 0.29) is 28.9 Å². The number of anilines is 1. The van der Waals surface area contributed by atoms with Gasteiger partial charge in [-0.2, -0.15) is 5.26 Å². The van der Waals surface area contributed by atoms with Crippen molar-refractivity contribution in [1.29, 1.82) is 5.26 Å². The van der Waals surface area contributed by atoms with Crippen LogP contribution in [0.4, 0.5) is 10.1 Å². The Balaban J connectivity index is 1.72. The quantitative estimate of drug-likeness (QED) is 0.596. The van der Waals surface area contributed by atoms with Crippen LogP contribution in [0.3, 0.4) is 0 Å². The molecule has 1 aromatic carbocycles. The van der Waals surface area contributed by atoms with Crippen LogP contribution in [0.5, 0.6) is 0 Å². The number of fused-ring (bicyclic) bond motifs is 1. The third-order valence-corrected chi connectivity index (χ3v) is 6.75. The lowest BCUT2D eigenvalue weighted by atomic mass is 9.71. The number of piperazine rings is 1. The van der Waals surface area contributed by atoms with E-state index in [1.54, 1.807) is 29.8 Å². The van der Waals surface area contributed by atoms with Gasteiger partial charge in [-0.05, 0) is 43.7 Å². The Kier molecular flexibility index (Phi) is 5.55. The first-order valence-electron chi connectivity index (χ1n) is 10.8. The lowest BCUT2D eigenvalue weighted by Gasteiger charge is -2.52. The first-order valence-corrected chi connectivity index (χ1v) is 10.8. The number of nitrogens with zero attached hydrogens (tertiary/aromatic N) is 5. The molecule has 3 atom stereocenters. The van der Waals surface area contributed by atoms with Crippen LogP contribution < -0.4 is 10.5 Å². The molecule has 3 heterocycles. The van der Waals surface area contributed by atoms with Crippen molar-refractivity contribution in [3.05, 3.63) is 69.9 Å². The van der Waals surface area contributed by atoms with Gasteiger partial charge in [0.25, 0.3) is 5.56 Å². The number of pyridine rings is 2. The van der Waals surface area contributed by atoms with E-state index in [1.165, 1.54) is 12.1 Å². The first-order chi connectivity index (χ1) is 15.1. The molecule has 1 aliphatic heterocycles. The number of nitriles is 1. The summed E-state index contributed by atoms with van der Waals surface area (Å²) in [5, 5.41) is 9.34. The summed E-state index contributed by atoms with van der Waals surface area (Å²) in [6, 6.07) is 14.1. The SMILES string of the molecule is BC(C)(c1ccc(F)cc1)N1C[C@H](C)N(c2cc(=O)n(C)c3ccc(C#N)nc23)C[C@H]1C. The number of benzene rings is 1. The average molecular weight is 431 g/mol. The van der Waals surface area contributed by atoms with Crippen molar-refractivity contribution in [2.45, 2.75) is 38.3 Å². The van der Waals surface area contributed by atoms with Crippen molar-refractivity contribution in [3.63, 3.8) is 0 Å². The van der Waals surface area contributed by atoms with Gasteiger partial charge in [0.15, 0.2) is 0 Å². The zero-order valence-electron chi connectivity index (χ0n) is 19.1. The minimum atomic E-state index is -0.283. The Morgan fingerprint density at radius 3 is 2.50 bits per heavy atom. The van der Waals surface area contributed by atoms with Gasteiger partial charge in [0.05, 0.1) is 11.2 Å². The molecule has 1 unspecified atom stereocenters. The Hall–Kier alpha value is -3.18. The van der Waals surface area contributed by atoms with E-state index >= 15 is 0 Å². The lowest BCUT2D eigenvalue weighted by Crippen LogP contribution is -2.62. The van der Waals surface area contributed by atoms with Gasteiger partial charge in [0.1, 0.15) is 30.9 Å². The minimum absolute atomic E-state index is 0.104. The summed E-state index contributed by atoms with van der Waals surface area (Å²) < 4.78 is 15.0. The van der Waals surface area contributed by atoms with Crippen molar-refractivity contribution in [2.75, 3.05) is 18.0 Å². The molecule has 1 aliphatic rings. The van der Waals surface area contributed by atoms with Crippen molar-refractivity contribution in [2.24, 2.45) is 7.05 Å². The summed E-state index contributed by atoms with van der Waals surface area (Å²) >= 11 is 0. The largest absolute Gasteiger partial charge is 0.364 e. The van der Waals surface area contributed by atoms with E-state index in [0.29, 0.717) is 23.3 Å². The Morgan fingerprint density at radius 1 is 1.16 bits per heavy atom. The molecule has 1 fully saturated rings. The molecule has 0 N–H and O–H groups in total. The maximum atomic E-state index is 13.5. The highest BCUT2D eigenvalue weighted by Gasteiger charge is 2.39. The molecule has 164 valence electrons. The Labute approximate surface area is 188 Å². The summed E-state index contributed by atoms with van der Waals surface area (Å²) in [7, 11) is 3.88. The van der Waals surface area contributed by atoms with Gasteiger partial charge in [-0.15, -0.1) is 0 Å². The van der Waals surface area contributed by atoms with Gasteiger partial charge in [-0.25, -0.2) is 9.37 Å². The van der Waals surface area contributed by atoms with Gasteiger partial charge in [0, 0.05) is 43.7 Å². The normalized spacial score (nSPS) is 21.3. The van der Waals surface area contributed by atoms with Crippen molar-refractivity contribution in [1.82, 2.24) is 14.5 Å². The van der Waals surface area contributed by atoms with Gasteiger partial charge >= 0.3 is 0 Å². The standard InChI is InChI=1S/C24H27BFN5O/c1-15-14-31(24(3,25)17-5-7-18(26)8-6-17)16(2)13-30(15)21-11-22(32)29(4)20-10-9-19(12-27)28-23(20)21/h5-11,15-16H,13-14,25H2,1-4H3/t15-,16+,24?/m0/s1. The number of hydrogen-bond donors (Lipinski definition) is 0. The van der Waals surface area contributed by atoms with Crippen molar-refractivity contribution in [3.8, 4) is 6.07 Å². The summed E-state index contributed by atoms with van der Waals surface area (Å²) in [5.41, 5.74) is 3.14. The van der Waals surface area contributed by atoms with Crippen LogP contribution in [0.2, 0.25) is 0 Å². The number of hydrogen-bond acceptors (Lipinski definition) is 5. The second-order valence-electron chi connectivity index (χ2n) is 9.17. The maximum absolute atomic E-state index is 13.5. The number of halogens is 1. The van der Waals surface area contributed by atoms with E-state index in [4.69, 9.17) is 0 Å². The topological polar surface area (TPSA) is 65.2 Å². The van der Waals surface area contributed by atoms with Gasteiger partial charge < -0.3 is 9.47 Å². The monoisotopic (exact) mass is 431 g/mol. The molecule has 0 saturated carbocycles. The summed E-state index contributed by atoms with van der Waals surface area (Å²) in [5.74, 6) is -0.238. The average Bonchev–Trinajstić information content (AvgIpc) is 2.77. The first kappa shape index (κ1) is 22.0. The molecule has 0 aliphatic carbocycles. The van der Waals surface area contributed by atoms with E-state index in [1.807, 2.05) is 12.1 Å².